The molecule has 0 fully saturated rings. The molecule has 0 bridgehead atoms. The number of aliphatic carboxylic acids is 1. The molecule has 5 nitrogen and oxygen atoms in total. The number of halogens is 1. The van der Waals surface area contributed by atoms with Gasteiger partial charge in [-0.15, -0.1) is 0 Å². The summed E-state index contributed by atoms with van der Waals surface area (Å²) in [5, 5.41) is 11.6. The summed E-state index contributed by atoms with van der Waals surface area (Å²) in [6, 6.07) is 12.8. The summed E-state index contributed by atoms with van der Waals surface area (Å²) >= 11 is 5.71. The molecular formula is C15H13ClNO4S-. The van der Waals surface area contributed by atoms with Crippen LogP contribution in [0, 0.1) is 0 Å². The van der Waals surface area contributed by atoms with E-state index in [1.165, 1.54) is 24.3 Å². The first-order chi connectivity index (χ1) is 10.4. The molecule has 0 aliphatic heterocycles. The topological polar surface area (TPSA) is 86.3 Å². The monoisotopic (exact) mass is 338 g/mol. The van der Waals surface area contributed by atoms with Crippen LogP contribution in [0.5, 0.6) is 0 Å². The standard InChI is InChI=1S/C15H14ClNO4S/c16-12-6-8-13(9-7-12)22(20,21)17-14(15(18)19)10-11-4-2-1-3-5-11/h1-9,14,17H,10H2,(H,18,19)/p-1/t14-/m1/s1. The zero-order valence-corrected chi connectivity index (χ0v) is 13.0. The van der Waals surface area contributed by atoms with Crippen LogP contribution in [-0.2, 0) is 21.2 Å². The van der Waals surface area contributed by atoms with E-state index >= 15 is 0 Å². The fourth-order valence-electron chi connectivity index (χ4n) is 1.89. The summed E-state index contributed by atoms with van der Waals surface area (Å²) in [4.78, 5) is 11.1. The number of carboxylic acids is 1. The molecule has 0 heterocycles. The van der Waals surface area contributed by atoms with Crippen LogP contribution >= 0.6 is 11.6 Å². The highest BCUT2D eigenvalue weighted by Crippen LogP contribution is 2.15. The van der Waals surface area contributed by atoms with E-state index in [1.54, 1.807) is 30.3 Å². The van der Waals surface area contributed by atoms with E-state index in [0.29, 0.717) is 10.6 Å². The number of hydrogen-bond acceptors (Lipinski definition) is 4. The summed E-state index contributed by atoms with van der Waals surface area (Å²) in [5.41, 5.74) is 0.690. The maximum absolute atomic E-state index is 12.2. The Kier molecular flexibility index (Phi) is 5.18. The van der Waals surface area contributed by atoms with Crippen LogP contribution in [0.2, 0.25) is 5.02 Å². The molecule has 7 heteroatoms. The van der Waals surface area contributed by atoms with Crippen molar-refractivity contribution in [2.75, 3.05) is 0 Å². The van der Waals surface area contributed by atoms with Gasteiger partial charge in [0.25, 0.3) is 0 Å². The van der Waals surface area contributed by atoms with Crippen LogP contribution in [0.25, 0.3) is 0 Å². The lowest BCUT2D eigenvalue weighted by atomic mass is 10.1. The van der Waals surface area contributed by atoms with Gasteiger partial charge in [-0.2, -0.15) is 0 Å². The largest absolute Gasteiger partial charge is 0.548 e. The van der Waals surface area contributed by atoms with Crippen LogP contribution in [0.4, 0.5) is 0 Å². The third-order valence-electron chi connectivity index (χ3n) is 2.99. The fourth-order valence-corrected chi connectivity index (χ4v) is 3.20. The zero-order chi connectivity index (χ0) is 16.2. The summed E-state index contributed by atoms with van der Waals surface area (Å²) in [5.74, 6) is -1.48. The van der Waals surface area contributed by atoms with E-state index in [1.807, 2.05) is 0 Å². The van der Waals surface area contributed by atoms with Crippen molar-refractivity contribution >= 4 is 27.6 Å². The van der Waals surface area contributed by atoms with Crippen molar-refractivity contribution in [2.24, 2.45) is 0 Å². The van der Waals surface area contributed by atoms with Crippen molar-refractivity contribution in [2.45, 2.75) is 17.4 Å². The van der Waals surface area contributed by atoms with Gasteiger partial charge in [0.1, 0.15) is 0 Å². The Morgan fingerprint density at radius 3 is 2.23 bits per heavy atom. The van der Waals surface area contributed by atoms with Crippen molar-refractivity contribution < 1.29 is 18.3 Å². The summed E-state index contributed by atoms with van der Waals surface area (Å²) in [7, 11) is -3.97. The lowest BCUT2D eigenvalue weighted by molar-refractivity contribution is -0.307. The maximum atomic E-state index is 12.2. The molecule has 0 aromatic heterocycles. The van der Waals surface area contributed by atoms with Crippen LogP contribution in [0.15, 0.2) is 59.5 Å². The first-order valence-electron chi connectivity index (χ1n) is 6.41. The Labute approximate surface area is 133 Å². The molecular weight excluding hydrogens is 326 g/mol. The van der Waals surface area contributed by atoms with Crippen LogP contribution in [0.3, 0.4) is 0 Å². The second-order valence-corrected chi connectivity index (χ2v) is 6.79. The Morgan fingerprint density at radius 1 is 1.09 bits per heavy atom. The predicted molar refractivity (Wildman–Crippen MR) is 80.7 cm³/mol. The number of hydrogen-bond donors (Lipinski definition) is 1. The molecule has 0 amide bonds. The molecule has 1 N–H and O–H groups in total. The fraction of sp³-hybridized carbons (Fsp3) is 0.133. The van der Waals surface area contributed by atoms with E-state index < -0.39 is 22.0 Å². The number of rotatable bonds is 6. The molecule has 2 aromatic carbocycles. The van der Waals surface area contributed by atoms with Gasteiger partial charge in [0, 0.05) is 5.02 Å². The number of carboxylic acid groups (broad SMARTS) is 1. The average Bonchev–Trinajstić information content (AvgIpc) is 2.48. The molecule has 2 rings (SSSR count). The predicted octanol–water partition coefficient (Wildman–Crippen LogP) is 0.979. The first-order valence-corrected chi connectivity index (χ1v) is 8.27. The zero-order valence-electron chi connectivity index (χ0n) is 11.4. The second kappa shape index (κ2) is 6.91. The highest BCUT2D eigenvalue weighted by molar-refractivity contribution is 7.89. The van der Waals surface area contributed by atoms with Gasteiger partial charge in [-0.1, -0.05) is 41.9 Å². The van der Waals surface area contributed by atoms with Gasteiger partial charge in [0.05, 0.1) is 16.9 Å². The number of carbonyl (C=O) groups excluding carboxylic acids is 1. The van der Waals surface area contributed by atoms with E-state index in [2.05, 4.69) is 4.72 Å². The molecule has 22 heavy (non-hydrogen) atoms. The van der Waals surface area contributed by atoms with Gasteiger partial charge < -0.3 is 9.90 Å². The normalized spacial score (nSPS) is 12.8. The highest BCUT2D eigenvalue weighted by atomic mass is 35.5. The molecule has 0 unspecified atom stereocenters. The molecule has 0 radical (unpaired) electrons. The smallest absolute Gasteiger partial charge is 0.241 e. The minimum atomic E-state index is -3.97. The molecule has 0 saturated carbocycles. The van der Waals surface area contributed by atoms with Gasteiger partial charge in [0.2, 0.25) is 10.0 Å². The molecule has 2 aromatic rings. The van der Waals surface area contributed by atoms with Gasteiger partial charge in [-0.25, -0.2) is 13.1 Å². The first kappa shape index (κ1) is 16.5. The number of carbonyl (C=O) groups is 1. The van der Waals surface area contributed by atoms with E-state index in [4.69, 9.17) is 11.6 Å². The quantitative estimate of drug-likeness (QED) is 0.850. The summed E-state index contributed by atoms with van der Waals surface area (Å²) in [6.07, 6.45) is -0.00398. The van der Waals surface area contributed by atoms with Gasteiger partial charge in [-0.3, -0.25) is 0 Å². The Morgan fingerprint density at radius 2 is 1.68 bits per heavy atom. The van der Waals surface area contributed by atoms with E-state index in [9.17, 15) is 18.3 Å². The molecule has 1 atom stereocenters. The number of nitrogens with one attached hydrogen (secondary N) is 1. The second-order valence-electron chi connectivity index (χ2n) is 4.64. The van der Waals surface area contributed by atoms with Crippen molar-refractivity contribution in [1.29, 1.82) is 0 Å². The van der Waals surface area contributed by atoms with Crippen LogP contribution in [-0.4, -0.2) is 20.4 Å². The molecule has 0 aliphatic rings. The molecule has 0 spiro atoms. The maximum Gasteiger partial charge on any atom is 0.241 e. The van der Waals surface area contributed by atoms with E-state index in [0.717, 1.165) is 0 Å². The third kappa shape index (κ3) is 4.30. The lowest BCUT2D eigenvalue weighted by Crippen LogP contribution is -2.49. The Balaban J connectivity index is 2.20. The van der Waals surface area contributed by atoms with Gasteiger partial charge in [-0.05, 0) is 36.2 Å². The summed E-state index contributed by atoms with van der Waals surface area (Å²) < 4.78 is 26.6. The average molecular weight is 339 g/mol. The van der Waals surface area contributed by atoms with Crippen LogP contribution in [0.1, 0.15) is 5.56 Å². The Hall–Kier alpha value is -1.89. The van der Waals surface area contributed by atoms with Gasteiger partial charge in [0.15, 0.2) is 0 Å². The number of sulfonamides is 1. The lowest BCUT2D eigenvalue weighted by Gasteiger charge is -2.20. The van der Waals surface area contributed by atoms with Crippen molar-refractivity contribution in [3.05, 3.63) is 65.2 Å². The Bertz CT molecular complexity index is 745. The number of benzene rings is 2. The van der Waals surface area contributed by atoms with Crippen molar-refractivity contribution in [3.63, 3.8) is 0 Å². The molecule has 116 valence electrons. The van der Waals surface area contributed by atoms with Crippen LogP contribution < -0.4 is 9.83 Å². The highest BCUT2D eigenvalue weighted by Gasteiger charge is 2.21. The summed E-state index contributed by atoms with van der Waals surface area (Å²) in [6.45, 7) is 0. The minimum absolute atomic E-state index is 0.00398. The van der Waals surface area contributed by atoms with Gasteiger partial charge >= 0.3 is 0 Å². The third-order valence-corrected chi connectivity index (χ3v) is 4.73. The molecule has 0 saturated heterocycles. The SMILES string of the molecule is O=C([O-])[C@@H](Cc1ccccc1)NS(=O)(=O)c1ccc(Cl)cc1. The van der Waals surface area contributed by atoms with Crippen molar-refractivity contribution in [3.8, 4) is 0 Å². The minimum Gasteiger partial charge on any atom is -0.548 e. The van der Waals surface area contributed by atoms with E-state index in [-0.39, 0.29) is 11.3 Å². The molecule has 0 aliphatic carbocycles. The van der Waals surface area contributed by atoms with Crippen molar-refractivity contribution in [1.82, 2.24) is 4.72 Å².